The Hall–Kier alpha value is -0.910. The summed E-state index contributed by atoms with van der Waals surface area (Å²) in [6.45, 7) is 5.69. The molecule has 17 heavy (non-hydrogen) atoms. The number of hydrogen-bond acceptors (Lipinski definition) is 3. The Morgan fingerprint density at radius 1 is 1.24 bits per heavy atom. The number of carbonyl (C=O) groups excluding carboxylic acids is 1. The summed E-state index contributed by atoms with van der Waals surface area (Å²) in [6, 6.07) is -0.567. The second-order valence-electron chi connectivity index (χ2n) is 4.42. The molecular formula is C11H22N2O3S. The first-order valence-electron chi connectivity index (χ1n) is 5.64. The van der Waals surface area contributed by atoms with Crippen LogP contribution in [-0.4, -0.2) is 41.2 Å². The normalized spacial score (nSPS) is 14.2. The number of thioether (sulfide) groups is 1. The van der Waals surface area contributed by atoms with Gasteiger partial charge in [0, 0.05) is 17.8 Å². The molecule has 0 heterocycles. The van der Waals surface area contributed by atoms with Crippen molar-refractivity contribution in [3.63, 3.8) is 0 Å². The third-order valence-corrected chi connectivity index (χ3v) is 3.14. The molecule has 0 aliphatic carbocycles. The van der Waals surface area contributed by atoms with Crippen LogP contribution in [0.2, 0.25) is 0 Å². The van der Waals surface area contributed by atoms with E-state index in [9.17, 15) is 9.59 Å². The predicted octanol–water partition coefficient (Wildman–Crippen LogP) is 1.54. The molecule has 0 saturated carbocycles. The van der Waals surface area contributed by atoms with E-state index in [1.807, 2.05) is 27.0 Å². The average molecular weight is 262 g/mol. The minimum Gasteiger partial charge on any atom is -0.481 e. The third kappa shape index (κ3) is 7.90. The third-order valence-electron chi connectivity index (χ3n) is 2.31. The number of rotatable bonds is 7. The van der Waals surface area contributed by atoms with E-state index < -0.39 is 5.97 Å². The molecule has 0 saturated heterocycles. The maximum atomic E-state index is 11.6. The highest BCUT2D eigenvalue weighted by molar-refractivity contribution is 7.98. The van der Waals surface area contributed by atoms with Gasteiger partial charge in [0.1, 0.15) is 0 Å². The van der Waals surface area contributed by atoms with Crippen molar-refractivity contribution in [1.29, 1.82) is 0 Å². The average Bonchev–Trinajstić information content (AvgIpc) is 2.15. The number of amides is 2. The summed E-state index contributed by atoms with van der Waals surface area (Å²) in [5, 5.41) is 14.2. The van der Waals surface area contributed by atoms with Crippen molar-refractivity contribution in [3.05, 3.63) is 0 Å². The van der Waals surface area contributed by atoms with Crippen molar-refractivity contribution < 1.29 is 14.7 Å². The van der Waals surface area contributed by atoms with Gasteiger partial charge in [-0.15, -0.1) is 0 Å². The molecule has 0 bridgehead atoms. The first-order valence-corrected chi connectivity index (χ1v) is 7.04. The molecule has 0 aliphatic heterocycles. The highest BCUT2D eigenvalue weighted by atomic mass is 32.2. The van der Waals surface area contributed by atoms with Crippen LogP contribution in [0.5, 0.6) is 0 Å². The molecule has 0 fully saturated rings. The number of aliphatic carboxylic acids is 1. The first kappa shape index (κ1) is 16.1. The molecular weight excluding hydrogens is 240 g/mol. The molecule has 3 N–H and O–H groups in total. The minimum absolute atomic E-state index is 0.0536. The fraction of sp³-hybridized carbons (Fsp3) is 0.818. The highest BCUT2D eigenvalue weighted by Gasteiger charge is 2.19. The molecule has 2 atom stereocenters. The van der Waals surface area contributed by atoms with Crippen LogP contribution >= 0.6 is 11.8 Å². The van der Waals surface area contributed by atoms with Crippen molar-refractivity contribution in [2.75, 3.05) is 12.0 Å². The van der Waals surface area contributed by atoms with Crippen LogP contribution in [0.15, 0.2) is 0 Å². The molecule has 0 aromatic carbocycles. The quantitative estimate of drug-likeness (QED) is 0.650. The first-order chi connectivity index (χ1) is 7.86. The predicted molar refractivity (Wildman–Crippen MR) is 70.4 cm³/mol. The summed E-state index contributed by atoms with van der Waals surface area (Å²) < 4.78 is 0. The van der Waals surface area contributed by atoms with E-state index in [1.165, 1.54) is 0 Å². The van der Waals surface area contributed by atoms with Crippen molar-refractivity contribution in [2.45, 2.75) is 39.3 Å². The van der Waals surface area contributed by atoms with Crippen molar-refractivity contribution in [2.24, 2.45) is 5.92 Å². The van der Waals surface area contributed by atoms with Crippen LogP contribution in [-0.2, 0) is 4.79 Å². The zero-order valence-electron chi connectivity index (χ0n) is 10.8. The molecule has 2 unspecified atom stereocenters. The van der Waals surface area contributed by atoms with Gasteiger partial charge in [-0.3, -0.25) is 4.79 Å². The zero-order valence-corrected chi connectivity index (χ0v) is 11.6. The summed E-state index contributed by atoms with van der Waals surface area (Å²) in [5.41, 5.74) is 0. The largest absolute Gasteiger partial charge is 0.481 e. The lowest BCUT2D eigenvalue weighted by Crippen LogP contribution is -2.48. The van der Waals surface area contributed by atoms with Gasteiger partial charge in [0.05, 0.1) is 6.42 Å². The Labute approximate surface area is 107 Å². The molecule has 6 heteroatoms. The van der Waals surface area contributed by atoms with E-state index in [1.54, 1.807) is 11.8 Å². The van der Waals surface area contributed by atoms with Crippen LogP contribution in [0.3, 0.4) is 0 Å². The van der Waals surface area contributed by atoms with E-state index in [0.29, 0.717) is 0 Å². The van der Waals surface area contributed by atoms with Gasteiger partial charge < -0.3 is 15.7 Å². The lowest BCUT2D eigenvalue weighted by atomic mass is 10.0. The summed E-state index contributed by atoms with van der Waals surface area (Å²) in [5.74, 6) is 0.0208. The molecule has 5 nitrogen and oxygen atoms in total. The Morgan fingerprint density at radius 2 is 1.82 bits per heavy atom. The van der Waals surface area contributed by atoms with E-state index in [-0.39, 0.29) is 30.5 Å². The lowest BCUT2D eigenvalue weighted by molar-refractivity contribution is -0.137. The second-order valence-corrected chi connectivity index (χ2v) is 5.33. The maximum Gasteiger partial charge on any atom is 0.315 e. The van der Waals surface area contributed by atoms with Gasteiger partial charge in [-0.05, 0) is 19.1 Å². The van der Waals surface area contributed by atoms with E-state index in [4.69, 9.17) is 5.11 Å². The number of nitrogens with one attached hydrogen (secondary N) is 2. The highest BCUT2D eigenvalue weighted by Crippen LogP contribution is 2.06. The van der Waals surface area contributed by atoms with Crippen molar-refractivity contribution in [1.82, 2.24) is 10.6 Å². The van der Waals surface area contributed by atoms with Gasteiger partial charge in [0.15, 0.2) is 0 Å². The zero-order chi connectivity index (χ0) is 13.4. The number of carboxylic acid groups (broad SMARTS) is 1. The Kier molecular flexibility index (Phi) is 7.78. The van der Waals surface area contributed by atoms with Gasteiger partial charge in [-0.1, -0.05) is 13.8 Å². The smallest absolute Gasteiger partial charge is 0.315 e. The maximum absolute atomic E-state index is 11.6. The van der Waals surface area contributed by atoms with Gasteiger partial charge in [0.25, 0.3) is 0 Å². The molecule has 0 aliphatic rings. The van der Waals surface area contributed by atoms with Gasteiger partial charge in [0.2, 0.25) is 0 Å². The monoisotopic (exact) mass is 262 g/mol. The van der Waals surface area contributed by atoms with Crippen LogP contribution in [0, 0.1) is 5.92 Å². The summed E-state index contributed by atoms with van der Waals surface area (Å²) in [6.07, 6.45) is 1.92. The van der Waals surface area contributed by atoms with Gasteiger partial charge in [-0.25, -0.2) is 4.79 Å². The number of urea groups is 1. The van der Waals surface area contributed by atoms with E-state index in [0.717, 1.165) is 5.75 Å². The summed E-state index contributed by atoms with van der Waals surface area (Å²) in [4.78, 5) is 22.2. The number of carboxylic acids is 1. The molecule has 2 amide bonds. The molecule has 0 rings (SSSR count). The summed E-state index contributed by atoms with van der Waals surface area (Å²) >= 11 is 1.65. The molecule has 0 aromatic rings. The fourth-order valence-corrected chi connectivity index (χ4v) is 1.95. The molecule has 0 spiro atoms. The Morgan fingerprint density at radius 3 is 2.24 bits per heavy atom. The fourth-order valence-electron chi connectivity index (χ4n) is 1.37. The number of hydrogen-bond donors (Lipinski definition) is 3. The second kappa shape index (κ2) is 8.22. The van der Waals surface area contributed by atoms with Crippen LogP contribution in [0.25, 0.3) is 0 Å². The summed E-state index contributed by atoms with van der Waals surface area (Å²) in [7, 11) is 0. The molecule has 100 valence electrons. The Bertz CT molecular complexity index is 259. The lowest BCUT2D eigenvalue weighted by Gasteiger charge is -2.22. The number of carbonyl (C=O) groups is 2. The Balaban J connectivity index is 4.16. The van der Waals surface area contributed by atoms with Crippen molar-refractivity contribution >= 4 is 23.8 Å². The molecule has 0 aromatic heterocycles. The van der Waals surface area contributed by atoms with Gasteiger partial charge >= 0.3 is 12.0 Å². The molecule has 0 radical (unpaired) electrons. The topological polar surface area (TPSA) is 78.4 Å². The van der Waals surface area contributed by atoms with Crippen LogP contribution in [0.1, 0.15) is 27.2 Å². The van der Waals surface area contributed by atoms with Gasteiger partial charge in [-0.2, -0.15) is 11.8 Å². The van der Waals surface area contributed by atoms with Crippen molar-refractivity contribution in [3.8, 4) is 0 Å². The van der Waals surface area contributed by atoms with E-state index in [2.05, 4.69) is 10.6 Å². The van der Waals surface area contributed by atoms with E-state index >= 15 is 0 Å². The standard InChI is InChI=1S/C11H22N2O3S/c1-7(2)9(5-10(14)15)13-11(16)12-8(3)6-17-4/h7-9H,5-6H2,1-4H3,(H,14,15)(H2,12,13,16). The SMILES string of the molecule is CSCC(C)NC(=O)NC(CC(=O)O)C(C)C. The minimum atomic E-state index is -0.902. The van der Waals surface area contributed by atoms with Crippen LogP contribution in [0.4, 0.5) is 4.79 Å². The van der Waals surface area contributed by atoms with Crippen LogP contribution < -0.4 is 10.6 Å².